The molecule has 2 aromatic rings. The van der Waals surface area contributed by atoms with Crippen LogP contribution in [-0.2, 0) is 10.2 Å². The molecule has 1 nitrogen and oxygen atoms in total. The van der Waals surface area contributed by atoms with Gasteiger partial charge in [-0.25, -0.2) is 0 Å². The van der Waals surface area contributed by atoms with Crippen LogP contribution in [0.1, 0.15) is 29.5 Å². The summed E-state index contributed by atoms with van der Waals surface area (Å²) in [5.41, 5.74) is 2.95. The zero-order valence-electron chi connectivity index (χ0n) is 10.9. The van der Waals surface area contributed by atoms with E-state index in [1.165, 1.54) is 5.56 Å². The molecule has 0 N–H and O–H groups in total. The lowest BCUT2D eigenvalue weighted by Gasteiger charge is -2.36. The zero-order valence-corrected chi connectivity index (χ0v) is 10.9. The van der Waals surface area contributed by atoms with E-state index in [2.05, 4.69) is 36.4 Å². The molecule has 19 heavy (non-hydrogen) atoms. The molecule has 0 spiro atoms. The van der Waals surface area contributed by atoms with Gasteiger partial charge in [-0.2, -0.15) is 0 Å². The number of aldehydes is 1. The van der Waals surface area contributed by atoms with Crippen molar-refractivity contribution in [1.82, 2.24) is 0 Å². The van der Waals surface area contributed by atoms with E-state index in [0.29, 0.717) is 0 Å². The third kappa shape index (κ3) is 1.82. The molecule has 94 valence electrons. The molecule has 0 aromatic heterocycles. The van der Waals surface area contributed by atoms with Gasteiger partial charge in [0.1, 0.15) is 6.29 Å². The first kappa shape index (κ1) is 11.9. The Hall–Kier alpha value is -2.15. The second-order valence-corrected chi connectivity index (χ2v) is 5.24. The SMILES string of the molecule is C[C@@]1(C=O)c2ccccc2C=C[C@@H]1c1ccccc1. The number of fused-ring (bicyclic) bond motifs is 1. The van der Waals surface area contributed by atoms with Crippen molar-refractivity contribution in [3.05, 3.63) is 77.4 Å². The topological polar surface area (TPSA) is 17.1 Å². The van der Waals surface area contributed by atoms with Crippen molar-refractivity contribution < 1.29 is 4.79 Å². The van der Waals surface area contributed by atoms with Gasteiger partial charge in [0.2, 0.25) is 0 Å². The highest BCUT2D eigenvalue weighted by molar-refractivity contribution is 5.78. The summed E-state index contributed by atoms with van der Waals surface area (Å²) in [6.45, 7) is 2.03. The van der Waals surface area contributed by atoms with Crippen molar-refractivity contribution in [3.8, 4) is 0 Å². The molecule has 0 amide bonds. The summed E-state index contributed by atoms with van der Waals surface area (Å²) in [5, 5.41) is 0. The number of rotatable bonds is 2. The first-order chi connectivity index (χ1) is 9.25. The first-order valence-corrected chi connectivity index (χ1v) is 6.55. The average Bonchev–Trinajstić information content (AvgIpc) is 2.49. The summed E-state index contributed by atoms with van der Waals surface area (Å²) in [6.07, 6.45) is 5.36. The van der Waals surface area contributed by atoms with E-state index in [1.54, 1.807) is 0 Å². The predicted molar refractivity (Wildman–Crippen MR) is 78.1 cm³/mol. The Kier molecular flexibility index (Phi) is 2.83. The largest absolute Gasteiger partial charge is 0.302 e. The van der Waals surface area contributed by atoms with Crippen molar-refractivity contribution in [2.24, 2.45) is 0 Å². The van der Waals surface area contributed by atoms with Gasteiger partial charge < -0.3 is 4.79 Å². The van der Waals surface area contributed by atoms with Gasteiger partial charge in [0.15, 0.2) is 0 Å². The fourth-order valence-corrected chi connectivity index (χ4v) is 2.95. The predicted octanol–water partition coefficient (Wildman–Crippen LogP) is 3.95. The van der Waals surface area contributed by atoms with E-state index in [4.69, 9.17) is 0 Å². The van der Waals surface area contributed by atoms with Gasteiger partial charge >= 0.3 is 0 Å². The normalized spacial score (nSPS) is 24.8. The minimum Gasteiger partial charge on any atom is -0.302 e. The Balaban J connectivity index is 2.17. The molecule has 2 atom stereocenters. The molecule has 0 saturated carbocycles. The number of allylic oxidation sites excluding steroid dienone is 1. The van der Waals surface area contributed by atoms with Gasteiger partial charge in [-0.15, -0.1) is 0 Å². The van der Waals surface area contributed by atoms with Gasteiger partial charge in [0.05, 0.1) is 5.41 Å². The van der Waals surface area contributed by atoms with Crippen LogP contribution >= 0.6 is 0 Å². The van der Waals surface area contributed by atoms with Crippen LogP contribution in [0.4, 0.5) is 0 Å². The summed E-state index contributed by atoms with van der Waals surface area (Å²) < 4.78 is 0. The minimum absolute atomic E-state index is 0.0982. The monoisotopic (exact) mass is 248 g/mol. The summed E-state index contributed by atoms with van der Waals surface area (Å²) in [4.78, 5) is 11.8. The Morgan fingerprint density at radius 2 is 1.68 bits per heavy atom. The number of carbonyl (C=O) groups excluding carboxylic acids is 1. The summed E-state index contributed by atoms with van der Waals surface area (Å²) >= 11 is 0. The van der Waals surface area contributed by atoms with Crippen molar-refractivity contribution in [3.63, 3.8) is 0 Å². The summed E-state index contributed by atoms with van der Waals surface area (Å²) in [6, 6.07) is 18.4. The van der Waals surface area contributed by atoms with Gasteiger partial charge in [-0.3, -0.25) is 0 Å². The molecule has 1 aliphatic carbocycles. The standard InChI is InChI=1S/C18H16O/c1-18(13-19)16-10-6-5-9-15(16)11-12-17(18)14-7-3-2-4-8-14/h2-13,17H,1H3/t17-,18-/m1/s1. The van der Waals surface area contributed by atoms with Crippen LogP contribution in [0.3, 0.4) is 0 Å². The molecule has 0 fully saturated rings. The van der Waals surface area contributed by atoms with E-state index in [0.717, 1.165) is 17.4 Å². The Morgan fingerprint density at radius 1 is 1.00 bits per heavy atom. The smallest absolute Gasteiger partial charge is 0.131 e. The van der Waals surface area contributed by atoms with Crippen molar-refractivity contribution >= 4 is 12.4 Å². The summed E-state index contributed by atoms with van der Waals surface area (Å²) in [5.74, 6) is 0.0982. The second-order valence-electron chi connectivity index (χ2n) is 5.24. The van der Waals surface area contributed by atoms with Crippen LogP contribution in [0.5, 0.6) is 0 Å². The second kappa shape index (κ2) is 4.51. The van der Waals surface area contributed by atoms with Crippen LogP contribution in [0.15, 0.2) is 60.7 Å². The lowest BCUT2D eigenvalue weighted by atomic mass is 9.66. The van der Waals surface area contributed by atoms with Crippen LogP contribution in [0.2, 0.25) is 0 Å². The molecule has 1 heteroatoms. The maximum atomic E-state index is 11.8. The molecule has 2 aromatic carbocycles. The van der Waals surface area contributed by atoms with Crippen molar-refractivity contribution in [2.45, 2.75) is 18.3 Å². The molecule has 0 radical (unpaired) electrons. The first-order valence-electron chi connectivity index (χ1n) is 6.55. The van der Waals surface area contributed by atoms with E-state index in [-0.39, 0.29) is 5.92 Å². The maximum Gasteiger partial charge on any atom is 0.131 e. The third-order valence-electron chi connectivity index (χ3n) is 4.06. The van der Waals surface area contributed by atoms with Gasteiger partial charge in [0.25, 0.3) is 0 Å². The van der Waals surface area contributed by atoms with Crippen molar-refractivity contribution in [2.75, 3.05) is 0 Å². The molecule has 1 aliphatic rings. The Morgan fingerprint density at radius 3 is 2.42 bits per heavy atom. The molecular formula is C18H16O. The molecule has 0 aliphatic heterocycles. The van der Waals surface area contributed by atoms with Crippen LogP contribution in [-0.4, -0.2) is 6.29 Å². The van der Waals surface area contributed by atoms with E-state index >= 15 is 0 Å². The van der Waals surface area contributed by atoms with E-state index in [9.17, 15) is 4.79 Å². The van der Waals surface area contributed by atoms with Crippen LogP contribution < -0.4 is 0 Å². The number of carbonyl (C=O) groups is 1. The van der Waals surface area contributed by atoms with Crippen LogP contribution in [0.25, 0.3) is 6.08 Å². The van der Waals surface area contributed by atoms with Gasteiger partial charge in [0, 0.05) is 5.92 Å². The minimum atomic E-state index is -0.493. The highest BCUT2D eigenvalue weighted by atomic mass is 16.1. The molecule has 0 unspecified atom stereocenters. The fourth-order valence-electron chi connectivity index (χ4n) is 2.95. The highest BCUT2D eigenvalue weighted by Crippen LogP contribution is 2.43. The molecule has 0 bridgehead atoms. The molecular weight excluding hydrogens is 232 g/mol. The third-order valence-corrected chi connectivity index (χ3v) is 4.06. The fraction of sp³-hybridized carbons (Fsp3) is 0.167. The quantitative estimate of drug-likeness (QED) is 0.735. The van der Waals surface area contributed by atoms with Gasteiger partial charge in [-0.1, -0.05) is 66.7 Å². The Labute approximate surface area is 113 Å². The average molecular weight is 248 g/mol. The van der Waals surface area contributed by atoms with Crippen LogP contribution in [0, 0.1) is 0 Å². The number of hydrogen-bond acceptors (Lipinski definition) is 1. The molecule has 0 saturated heterocycles. The molecule has 0 heterocycles. The van der Waals surface area contributed by atoms with Crippen molar-refractivity contribution in [1.29, 1.82) is 0 Å². The lowest BCUT2D eigenvalue weighted by Crippen LogP contribution is -2.33. The summed E-state index contributed by atoms with van der Waals surface area (Å²) in [7, 11) is 0. The molecule has 3 rings (SSSR count). The Bertz CT molecular complexity index is 627. The van der Waals surface area contributed by atoms with Gasteiger partial charge in [-0.05, 0) is 23.6 Å². The number of hydrogen-bond donors (Lipinski definition) is 0. The zero-order chi connectivity index (χ0) is 13.3. The lowest BCUT2D eigenvalue weighted by molar-refractivity contribution is -0.112. The highest BCUT2D eigenvalue weighted by Gasteiger charge is 2.38. The van der Waals surface area contributed by atoms with E-state index < -0.39 is 5.41 Å². The van der Waals surface area contributed by atoms with E-state index in [1.807, 2.05) is 37.3 Å². The maximum absolute atomic E-state index is 11.8. The number of benzene rings is 2.